The quantitative estimate of drug-likeness (QED) is 0.603. The van der Waals surface area contributed by atoms with Crippen molar-refractivity contribution in [3.05, 3.63) is 53.3 Å². The van der Waals surface area contributed by atoms with Crippen molar-refractivity contribution in [2.75, 3.05) is 11.5 Å². The van der Waals surface area contributed by atoms with E-state index in [2.05, 4.69) is 10.2 Å². The van der Waals surface area contributed by atoms with Crippen LogP contribution in [0.5, 0.6) is 5.88 Å². The van der Waals surface area contributed by atoms with E-state index in [4.69, 9.17) is 0 Å². The number of benzene rings is 2. The molecule has 6 heteroatoms. The maximum atomic E-state index is 14.4. The molecule has 1 aliphatic rings. The topological polar surface area (TPSA) is 49.9 Å². The average Bonchev–Trinajstić information content (AvgIpc) is 2.81. The van der Waals surface area contributed by atoms with E-state index in [1.807, 2.05) is 32.0 Å². The zero-order chi connectivity index (χ0) is 17.6. The normalized spacial score (nSPS) is 15.2. The van der Waals surface area contributed by atoms with Crippen molar-refractivity contribution in [1.82, 2.24) is 4.57 Å². The van der Waals surface area contributed by atoms with E-state index in [0.29, 0.717) is 16.6 Å². The number of thioether (sulfide) groups is 1. The van der Waals surface area contributed by atoms with Gasteiger partial charge in [-0.1, -0.05) is 24.3 Å². The second kappa shape index (κ2) is 6.19. The molecule has 0 bridgehead atoms. The van der Waals surface area contributed by atoms with E-state index in [1.54, 1.807) is 28.5 Å². The fourth-order valence-electron chi connectivity index (χ4n) is 3.05. The molecule has 2 aromatic carbocycles. The van der Waals surface area contributed by atoms with E-state index in [9.17, 15) is 9.50 Å². The lowest BCUT2D eigenvalue weighted by Crippen LogP contribution is -2.22. The fraction of sp³-hybridized carbons (Fsp3) is 0.263. The van der Waals surface area contributed by atoms with Crippen molar-refractivity contribution in [3.8, 4) is 5.88 Å². The van der Waals surface area contributed by atoms with Crippen LogP contribution in [0, 0.1) is 19.7 Å². The van der Waals surface area contributed by atoms with Gasteiger partial charge < -0.3 is 9.67 Å². The number of rotatable bonds is 3. The summed E-state index contributed by atoms with van der Waals surface area (Å²) in [5.41, 5.74) is 3.56. The van der Waals surface area contributed by atoms with Crippen LogP contribution >= 0.6 is 11.8 Å². The van der Waals surface area contributed by atoms with E-state index < -0.39 is 0 Å². The highest BCUT2D eigenvalue weighted by molar-refractivity contribution is 8.00. The second-order valence-corrected chi connectivity index (χ2v) is 7.43. The lowest BCUT2D eigenvalue weighted by Gasteiger charge is -2.27. The summed E-state index contributed by atoms with van der Waals surface area (Å²) in [6.07, 6.45) is 0. The van der Waals surface area contributed by atoms with Crippen LogP contribution in [0.15, 0.2) is 46.6 Å². The molecule has 0 spiro atoms. The van der Waals surface area contributed by atoms with Crippen molar-refractivity contribution in [2.45, 2.75) is 19.9 Å². The summed E-state index contributed by atoms with van der Waals surface area (Å²) in [5.74, 6) is 1.36. The van der Waals surface area contributed by atoms with E-state index in [-0.39, 0.29) is 17.7 Å². The summed E-state index contributed by atoms with van der Waals surface area (Å²) in [7, 11) is 0. The van der Waals surface area contributed by atoms with Crippen molar-refractivity contribution in [2.24, 2.45) is 10.2 Å². The molecule has 3 aromatic rings. The van der Waals surface area contributed by atoms with Gasteiger partial charge in [-0.25, -0.2) is 4.39 Å². The molecule has 2 heterocycles. The third-order valence-electron chi connectivity index (χ3n) is 4.53. The lowest BCUT2D eigenvalue weighted by molar-refractivity contribution is 0.404. The predicted molar refractivity (Wildman–Crippen MR) is 100 cm³/mol. The van der Waals surface area contributed by atoms with E-state index in [1.165, 1.54) is 6.07 Å². The number of aromatic nitrogens is 1. The van der Waals surface area contributed by atoms with Gasteiger partial charge in [-0.05, 0) is 37.1 Å². The summed E-state index contributed by atoms with van der Waals surface area (Å²) in [4.78, 5) is 0. The lowest BCUT2D eigenvalue weighted by atomic mass is 10.1. The van der Waals surface area contributed by atoms with Crippen LogP contribution in [-0.2, 0) is 0 Å². The van der Waals surface area contributed by atoms with Crippen molar-refractivity contribution in [3.63, 3.8) is 0 Å². The zero-order valence-corrected chi connectivity index (χ0v) is 14.8. The summed E-state index contributed by atoms with van der Waals surface area (Å²) < 4.78 is 16.1. The van der Waals surface area contributed by atoms with Gasteiger partial charge in [0.1, 0.15) is 5.82 Å². The van der Waals surface area contributed by atoms with Gasteiger partial charge in [-0.15, -0.1) is 5.11 Å². The van der Waals surface area contributed by atoms with Crippen LogP contribution in [0.25, 0.3) is 10.9 Å². The Balaban J connectivity index is 1.87. The molecule has 0 aliphatic carbocycles. The minimum Gasteiger partial charge on any atom is -0.493 e. The van der Waals surface area contributed by atoms with Crippen LogP contribution in [0.1, 0.15) is 17.2 Å². The molecular weight excluding hydrogens is 337 g/mol. The minimum atomic E-state index is -0.349. The smallest absolute Gasteiger partial charge is 0.221 e. The molecule has 0 radical (unpaired) electrons. The number of fused-ring (bicyclic) bond motifs is 1. The Morgan fingerprint density at radius 2 is 1.96 bits per heavy atom. The minimum absolute atomic E-state index is 0.0144. The Morgan fingerprint density at radius 3 is 2.68 bits per heavy atom. The van der Waals surface area contributed by atoms with Crippen LogP contribution in [0.4, 0.5) is 15.8 Å². The number of aryl methyl sites for hydroxylation is 2. The highest BCUT2D eigenvalue weighted by Gasteiger charge is 2.29. The van der Waals surface area contributed by atoms with Gasteiger partial charge in [-0.2, -0.15) is 16.9 Å². The molecule has 1 aliphatic heterocycles. The Bertz CT molecular complexity index is 992. The Hall–Kier alpha value is -2.34. The van der Waals surface area contributed by atoms with Crippen molar-refractivity contribution >= 4 is 34.0 Å². The molecule has 128 valence electrons. The number of nitrogens with zero attached hydrogens (tertiary/aromatic N) is 3. The van der Waals surface area contributed by atoms with Gasteiger partial charge >= 0.3 is 0 Å². The largest absolute Gasteiger partial charge is 0.493 e. The first-order chi connectivity index (χ1) is 12.1. The monoisotopic (exact) mass is 355 g/mol. The van der Waals surface area contributed by atoms with Crippen molar-refractivity contribution in [1.29, 1.82) is 0 Å². The molecule has 1 fully saturated rings. The zero-order valence-electron chi connectivity index (χ0n) is 14.0. The number of para-hydroxylation sites is 1. The molecule has 0 atom stereocenters. The molecule has 4 nitrogen and oxygen atoms in total. The Kier molecular flexibility index (Phi) is 4.00. The molecule has 1 aromatic heterocycles. The molecule has 0 saturated carbocycles. The molecule has 1 saturated heterocycles. The van der Waals surface area contributed by atoms with Crippen LogP contribution in [-0.4, -0.2) is 21.2 Å². The average molecular weight is 355 g/mol. The van der Waals surface area contributed by atoms with Gasteiger partial charge in [0.25, 0.3) is 0 Å². The Labute approximate surface area is 149 Å². The summed E-state index contributed by atoms with van der Waals surface area (Å²) in [6, 6.07) is 10.9. The first-order valence-electron chi connectivity index (χ1n) is 8.14. The molecule has 0 unspecified atom stereocenters. The van der Waals surface area contributed by atoms with Crippen LogP contribution < -0.4 is 0 Å². The van der Waals surface area contributed by atoms with E-state index in [0.717, 1.165) is 28.3 Å². The number of halogens is 1. The maximum Gasteiger partial charge on any atom is 0.221 e. The SMILES string of the molecule is Cc1ccc(C)c(N=Nc2c(O)n(C3CSC3)c3c(F)cccc23)c1. The number of aromatic hydroxyl groups is 1. The standard InChI is InChI=1S/C19H18FN3OS/c1-11-6-7-12(2)16(8-11)21-22-17-14-4-3-5-15(20)18(14)23(19(17)24)13-9-25-10-13/h3-8,13,24H,9-10H2,1-2H3. The first-order valence-corrected chi connectivity index (χ1v) is 9.30. The summed E-state index contributed by atoms with van der Waals surface area (Å²) in [5, 5.41) is 19.9. The molecule has 0 amide bonds. The van der Waals surface area contributed by atoms with Gasteiger partial charge in [0.2, 0.25) is 5.88 Å². The van der Waals surface area contributed by atoms with Gasteiger partial charge in [-0.3, -0.25) is 0 Å². The molecular formula is C19H18FN3OS. The highest BCUT2D eigenvalue weighted by Crippen LogP contribution is 2.45. The number of hydrogen-bond acceptors (Lipinski definition) is 4. The fourth-order valence-corrected chi connectivity index (χ4v) is 3.79. The molecule has 25 heavy (non-hydrogen) atoms. The van der Waals surface area contributed by atoms with Crippen LogP contribution in [0.2, 0.25) is 0 Å². The van der Waals surface area contributed by atoms with Gasteiger partial charge in [0.15, 0.2) is 5.69 Å². The van der Waals surface area contributed by atoms with E-state index >= 15 is 0 Å². The summed E-state index contributed by atoms with van der Waals surface area (Å²) >= 11 is 1.78. The first kappa shape index (κ1) is 16.1. The maximum absolute atomic E-state index is 14.4. The number of azo groups is 1. The predicted octanol–water partition coefficient (Wildman–Crippen LogP) is 5.81. The number of hydrogen-bond donors (Lipinski definition) is 1. The van der Waals surface area contributed by atoms with Gasteiger partial charge in [0, 0.05) is 16.9 Å². The molecule has 1 N–H and O–H groups in total. The molecule has 4 rings (SSSR count). The summed E-state index contributed by atoms with van der Waals surface area (Å²) in [6.45, 7) is 3.95. The van der Waals surface area contributed by atoms with Gasteiger partial charge in [0.05, 0.1) is 17.2 Å². The second-order valence-electron chi connectivity index (χ2n) is 6.36. The van der Waals surface area contributed by atoms with Crippen molar-refractivity contribution < 1.29 is 9.50 Å². The Morgan fingerprint density at radius 1 is 1.16 bits per heavy atom. The third-order valence-corrected chi connectivity index (χ3v) is 5.77. The third kappa shape index (κ3) is 2.70. The van der Waals surface area contributed by atoms with Crippen LogP contribution in [0.3, 0.4) is 0 Å². The highest BCUT2D eigenvalue weighted by atomic mass is 32.2.